The summed E-state index contributed by atoms with van der Waals surface area (Å²) in [5.74, 6) is 0.858. The first kappa shape index (κ1) is 18.6. The van der Waals surface area contributed by atoms with Crippen LogP contribution in [-0.4, -0.2) is 29.5 Å². The zero-order valence-electron chi connectivity index (χ0n) is 16.5. The average Bonchev–Trinajstić information content (AvgIpc) is 3.19. The number of aryl methyl sites for hydroxylation is 1. The topological polar surface area (TPSA) is 64.9 Å². The van der Waals surface area contributed by atoms with Gasteiger partial charge in [-0.15, -0.1) is 0 Å². The predicted octanol–water partition coefficient (Wildman–Crippen LogP) is 4.58. The van der Waals surface area contributed by atoms with Gasteiger partial charge in [0.25, 0.3) is 5.91 Å². The lowest BCUT2D eigenvalue weighted by atomic mass is 10.1. The third-order valence-electron chi connectivity index (χ3n) is 4.74. The van der Waals surface area contributed by atoms with Gasteiger partial charge in [-0.25, -0.2) is 4.98 Å². The number of nitrogens with zero attached hydrogens (tertiary/aromatic N) is 2. The second-order valence-corrected chi connectivity index (χ2v) is 6.65. The van der Waals surface area contributed by atoms with Crippen LogP contribution < -0.4 is 14.8 Å². The minimum atomic E-state index is -0.228. The summed E-state index contributed by atoms with van der Waals surface area (Å²) in [5.41, 5.74) is 4.98. The summed E-state index contributed by atoms with van der Waals surface area (Å²) >= 11 is 0. The molecule has 0 unspecified atom stereocenters. The minimum absolute atomic E-state index is 0.228. The Morgan fingerprint density at radius 3 is 2.59 bits per heavy atom. The highest BCUT2D eigenvalue weighted by molar-refractivity contribution is 6.05. The molecule has 0 aliphatic rings. The SMILES string of the molecule is COc1ccc(C(=O)Nc2cccc(-c3cn4cccc(C)c4n3)c2)cc1OC. The summed E-state index contributed by atoms with van der Waals surface area (Å²) in [4.78, 5) is 17.4. The van der Waals surface area contributed by atoms with Crippen molar-refractivity contribution in [1.29, 1.82) is 0 Å². The summed E-state index contributed by atoms with van der Waals surface area (Å²) < 4.78 is 12.5. The minimum Gasteiger partial charge on any atom is -0.493 e. The normalized spacial score (nSPS) is 10.7. The first-order valence-electron chi connectivity index (χ1n) is 9.17. The molecule has 0 aliphatic heterocycles. The lowest BCUT2D eigenvalue weighted by Gasteiger charge is -2.10. The van der Waals surface area contributed by atoms with Crippen molar-refractivity contribution in [1.82, 2.24) is 9.38 Å². The third kappa shape index (κ3) is 3.65. The molecule has 0 aliphatic carbocycles. The van der Waals surface area contributed by atoms with Crippen molar-refractivity contribution < 1.29 is 14.3 Å². The number of carbonyl (C=O) groups excluding carboxylic acids is 1. The summed E-state index contributed by atoms with van der Waals surface area (Å²) in [6.07, 6.45) is 3.96. The fraction of sp³-hybridized carbons (Fsp3) is 0.130. The molecule has 1 N–H and O–H groups in total. The number of fused-ring (bicyclic) bond motifs is 1. The molecular formula is C23H21N3O3. The van der Waals surface area contributed by atoms with Crippen molar-refractivity contribution in [2.24, 2.45) is 0 Å². The molecule has 146 valence electrons. The maximum absolute atomic E-state index is 12.7. The van der Waals surface area contributed by atoms with Crippen molar-refractivity contribution in [3.05, 3.63) is 78.1 Å². The smallest absolute Gasteiger partial charge is 0.255 e. The number of carbonyl (C=O) groups is 1. The second kappa shape index (κ2) is 7.67. The van der Waals surface area contributed by atoms with E-state index < -0.39 is 0 Å². The van der Waals surface area contributed by atoms with E-state index in [-0.39, 0.29) is 5.91 Å². The van der Waals surface area contributed by atoms with E-state index in [1.54, 1.807) is 32.4 Å². The summed E-state index contributed by atoms with van der Waals surface area (Å²) in [6, 6.07) is 16.7. The van der Waals surface area contributed by atoms with E-state index >= 15 is 0 Å². The molecule has 0 saturated carbocycles. The van der Waals surface area contributed by atoms with Crippen LogP contribution in [0.25, 0.3) is 16.9 Å². The van der Waals surface area contributed by atoms with Gasteiger partial charge < -0.3 is 19.2 Å². The Labute approximate surface area is 168 Å². The van der Waals surface area contributed by atoms with Gasteiger partial charge in [0, 0.05) is 29.2 Å². The Bertz CT molecular complexity index is 1200. The number of nitrogens with one attached hydrogen (secondary N) is 1. The molecule has 29 heavy (non-hydrogen) atoms. The van der Waals surface area contributed by atoms with Gasteiger partial charge in [0.15, 0.2) is 11.5 Å². The third-order valence-corrected chi connectivity index (χ3v) is 4.74. The van der Waals surface area contributed by atoms with Crippen LogP contribution in [0.1, 0.15) is 15.9 Å². The van der Waals surface area contributed by atoms with Gasteiger partial charge >= 0.3 is 0 Å². The van der Waals surface area contributed by atoms with Gasteiger partial charge in [-0.3, -0.25) is 4.79 Å². The van der Waals surface area contributed by atoms with E-state index in [2.05, 4.69) is 5.32 Å². The molecule has 0 bridgehead atoms. The molecular weight excluding hydrogens is 366 g/mol. The van der Waals surface area contributed by atoms with Crippen molar-refractivity contribution in [2.75, 3.05) is 19.5 Å². The molecule has 6 nitrogen and oxygen atoms in total. The lowest BCUT2D eigenvalue weighted by molar-refractivity contribution is 0.102. The van der Waals surface area contributed by atoms with Crippen LogP contribution in [-0.2, 0) is 0 Å². The van der Waals surface area contributed by atoms with E-state index in [0.717, 1.165) is 22.5 Å². The van der Waals surface area contributed by atoms with E-state index in [0.29, 0.717) is 22.7 Å². The average molecular weight is 387 g/mol. The van der Waals surface area contributed by atoms with Crippen LogP contribution in [0.3, 0.4) is 0 Å². The van der Waals surface area contributed by atoms with Crippen LogP contribution in [0.5, 0.6) is 11.5 Å². The van der Waals surface area contributed by atoms with Gasteiger partial charge in [0.05, 0.1) is 19.9 Å². The Balaban J connectivity index is 1.60. The molecule has 6 heteroatoms. The van der Waals surface area contributed by atoms with Crippen LogP contribution in [0.2, 0.25) is 0 Å². The van der Waals surface area contributed by atoms with E-state index in [9.17, 15) is 4.79 Å². The molecule has 2 heterocycles. The molecule has 0 radical (unpaired) electrons. The number of hydrogen-bond donors (Lipinski definition) is 1. The Kier molecular flexibility index (Phi) is 4.91. The van der Waals surface area contributed by atoms with Crippen molar-refractivity contribution in [2.45, 2.75) is 6.92 Å². The van der Waals surface area contributed by atoms with E-state index in [1.165, 1.54) is 0 Å². The highest BCUT2D eigenvalue weighted by Crippen LogP contribution is 2.28. The van der Waals surface area contributed by atoms with Gasteiger partial charge in [0.2, 0.25) is 0 Å². The highest BCUT2D eigenvalue weighted by atomic mass is 16.5. The number of pyridine rings is 1. The van der Waals surface area contributed by atoms with Crippen LogP contribution in [0.15, 0.2) is 67.0 Å². The molecule has 2 aromatic heterocycles. The monoisotopic (exact) mass is 387 g/mol. The van der Waals surface area contributed by atoms with Crippen LogP contribution >= 0.6 is 0 Å². The molecule has 4 rings (SSSR count). The summed E-state index contributed by atoms with van der Waals surface area (Å²) in [7, 11) is 3.10. The lowest BCUT2D eigenvalue weighted by Crippen LogP contribution is -2.12. The number of benzene rings is 2. The van der Waals surface area contributed by atoms with Gasteiger partial charge in [0.1, 0.15) is 5.65 Å². The summed E-state index contributed by atoms with van der Waals surface area (Å²) in [6.45, 7) is 2.03. The number of aromatic nitrogens is 2. The fourth-order valence-corrected chi connectivity index (χ4v) is 3.23. The Hall–Kier alpha value is -3.80. The van der Waals surface area contributed by atoms with Crippen molar-refractivity contribution in [3.8, 4) is 22.8 Å². The first-order chi connectivity index (χ1) is 14.1. The highest BCUT2D eigenvalue weighted by Gasteiger charge is 2.12. The molecule has 4 aromatic rings. The number of imidazole rings is 1. The number of ether oxygens (including phenoxy) is 2. The standard InChI is InChI=1S/C23H21N3O3/c1-15-6-5-11-26-14-19(25-22(15)26)16-7-4-8-18(12-16)24-23(27)17-9-10-20(28-2)21(13-17)29-3/h4-14H,1-3H3,(H,24,27). The molecule has 2 aromatic carbocycles. The van der Waals surface area contributed by atoms with Crippen molar-refractivity contribution in [3.63, 3.8) is 0 Å². The molecule has 0 spiro atoms. The van der Waals surface area contributed by atoms with Gasteiger partial charge in [-0.05, 0) is 48.9 Å². The Morgan fingerprint density at radius 1 is 1.00 bits per heavy atom. The van der Waals surface area contributed by atoms with Crippen molar-refractivity contribution >= 4 is 17.2 Å². The van der Waals surface area contributed by atoms with Gasteiger partial charge in [-0.1, -0.05) is 18.2 Å². The number of amides is 1. The quantitative estimate of drug-likeness (QED) is 0.544. The number of hydrogen-bond acceptors (Lipinski definition) is 4. The zero-order valence-corrected chi connectivity index (χ0v) is 16.5. The van der Waals surface area contributed by atoms with Crippen LogP contribution in [0.4, 0.5) is 5.69 Å². The maximum atomic E-state index is 12.7. The molecule has 0 saturated heterocycles. The second-order valence-electron chi connectivity index (χ2n) is 6.65. The fourth-order valence-electron chi connectivity index (χ4n) is 3.23. The Morgan fingerprint density at radius 2 is 1.83 bits per heavy atom. The van der Waals surface area contributed by atoms with E-state index in [4.69, 9.17) is 14.5 Å². The maximum Gasteiger partial charge on any atom is 0.255 e. The number of rotatable bonds is 5. The largest absolute Gasteiger partial charge is 0.493 e. The molecule has 0 atom stereocenters. The molecule has 0 fully saturated rings. The van der Waals surface area contributed by atoms with Crippen LogP contribution in [0, 0.1) is 6.92 Å². The number of anilines is 1. The van der Waals surface area contributed by atoms with E-state index in [1.807, 2.05) is 60.1 Å². The predicted molar refractivity (Wildman–Crippen MR) is 113 cm³/mol. The van der Waals surface area contributed by atoms with Gasteiger partial charge in [-0.2, -0.15) is 0 Å². The molecule has 1 amide bonds. The first-order valence-corrected chi connectivity index (χ1v) is 9.17. The zero-order chi connectivity index (χ0) is 20.4. The summed E-state index contributed by atoms with van der Waals surface area (Å²) in [5, 5.41) is 2.93. The number of methoxy groups -OCH3 is 2.